The van der Waals surface area contributed by atoms with Gasteiger partial charge in [-0.05, 0) is 45.3 Å². The second kappa shape index (κ2) is 4.67. The van der Waals surface area contributed by atoms with Crippen LogP contribution in [0.3, 0.4) is 0 Å². The molecular formula is C11H16N2O. The third kappa shape index (κ3) is 2.50. The van der Waals surface area contributed by atoms with Crippen molar-refractivity contribution in [2.45, 2.75) is 6.92 Å². The number of fused-ring (bicyclic) bond motifs is 1. The molecule has 1 aromatic heterocycles. The lowest BCUT2D eigenvalue weighted by Crippen LogP contribution is -1.89. The van der Waals surface area contributed by atoms with Gasteiger partial charge in [0.25, 0.3) is 0 Å². The summed E-state index contributed by atoms with van der Waals surface area (Å²) in [7, 11) is 3.75. The number of aryl methyl sites for hydroxylation is 1. The summed E-state index contributed by atoms with van der Waals surface area (Å²) in [6.07, 6.45) is 0. The number of furan rings is 1. The number of nitrogens with two attached hydrogens (primary N) is 1. The zero-order valence-electron chi connectivity index (χ0n) is 8.79. The van der Waals surface area contributed by atoms with Gasteiger partial charge >= 0.3 is 0 Å². The summed E-state index contributed by atoms with van der Waals surface area (Å²) in [6, 6.07) is 7.61. The topological polar surface area (TPSA) is 51.2 Å². The van der Waals surface area contributed by atoms with Crippen molar-refractivity contribution in [2.75, 3.05) is 19.8 Å². The van der Waals surface area contributed by atoms with Crippen molar-refractivity contribution >= 4 is 16.7 Å². The molecule has 0 spiro atoms. The zero-order chi connectivity index (χ0) is 10.6. The van der Waals surface area contributed by atoms with Gasteiger partial charge in [0, 0.05) is 11.1 Å². The second-order valence-electron chi connectivity index (χ2n) is 3.15. The van der Waals surface area contributed by atoms with Crippen LogP contribution in [0.5, 0.6) is 0 Å². The maximum Gasteiger partial charge on any atom is 0.134 e. The molecule has 0 aliphatic rings. The molecule has 0 radical (unpaired) electrons. The first-order chi connectivity index (χ1) is 6.67. The van der Waals surface area contributed by atoms with Crippen molar-refractivity contribution in [3.63, 3.8) is 0 Å². The number of benzene rings is 1. The highest BCUT2D eigenvalue weighted by Crippen LogP contribution is 2.20. The Labute approximate surface area is 83.9 Å². The SMILES string of the molecule is CNC.Cc1cc2cc(N)ccc2o1. The van der Waals surface area contributed by atoms with E-state index in [0.29, 0.717) is 0 Å². The molecule has 14 heavy (non-hydrogen) atoms. The van der Waals surface area contributed by atoms with Crippen LogP contribution in [0.1, 0.15) is 5.76 Å². The maximum absolute atomic E-state index is 5.59. The van der Waals surface area contributed by atoms with Crippen LogP contribution in [0.25, 0.3) is 11.0 Å². The van der Waals surface area contributed by atoms with Gasteiger partial charge in [0.15, 0.2) is 0 Å². The Morgan fingerprint density at radius 1 is 1.21 bits per heavy atom. The normalized spacial score (nSPS) is 9.64. The van der Waals surface area contributed by atoms with Crippen LogP contribution in [0.2, 0.25) is 0 Å². The Bertz CT molecular complexity index is 407. The molecule has 0 aliphatic carbocycles. The summed E-state index contributed by atoms with van der Waals surface area (Å²) in [6.45, 7) is 1.93. The zero-order valence-corrected chi connectivity index (χ0v) is 8.79. The van der Waals surface area contributed by atoms with E-state index in [2.05, 4.69) is 5.32 Å². The number of rotatable bonds is 0. The van der Waals surface area contributed by atoms with Crippen LogP contribution in [-0.2, 0) is 0 Å². The Morgan fingerprint density at radius 2 is 1.86 bits per heavy atom. The van der Waals surface area contributed by atoms with E-state index < -0.39 is 0 Å². The first-order valence-electron chi connectivity index (χ1n) is 4.51. The minimum Gasteiger partial charge on any atom is -0.461 e. The molecular weight excluding hydrogens is 176 g/mol. The Morgan fingerprint density at radius 3 is 2.50 bits per heavy atom. The third-order valence-corrected chi connectivity index (χ3v) is 1.66. The van der Waals surface area contributed by atoms with E-state index >= 15 is 0 Å². The lowest BCUT2D eigenvalue weighted by Gasteiger charge is -1.89. The Balaban J connectivity index is 0.000000293. The smallest absolute Gasteiger partial charge is 0.134 e. The second-order valence-corrected chi connectivity index (χ2v) is 3.15. The van der Waals surface area contributed by atoms with Crippen LogP contribution in [0.15, 0.2) is 28.7 Å². The van der Waals surface area contributed by atoms with Gasteiger partial charge in [0.2, 0.25) is 0 Å². The lowest BCUT2D eigenvalue weighted by atomic mass is 10.2. The first kappa shape index (κ1) is 10.6. The van der Waals surface area contributed by atoms with E-state index in [1.165, 1.54) is 0 Å². The molecule has 76 valence electrons. The first-order valence-corrected chi connectivity index (χ1v) is 4.51. The average Bonchev–Trinajstić information content (AvgIpc) is 2.45. The van der Waals surface area contributed by atoms with Crippen LogP contribution < -0.4 is 11.1 Å². The van der Waals surface area contributed by atoms with Crippen molar-refractivity contribution in [1.29, 1.82) is 0 Å². The summed E-state index contributed by atoms with van der Waals surface area (Å²) < 4.78 is 5.37. The van der Waals surface area contributed by atoms with Crippen molar-refractivity contribution < 1.29 is 4.42 Å². The van der Waals surface area contributed by atoms with E-state index in [1.54, 1.807) is 0 Å². The van der Waals surface area contributed by atoms with Crippen LogP contribution in [0.4, 0.5) is 5.69 Å². The molecule has 0 amide bonds. The molecule has 0 atom stereocenters. The molecule has 1 heterocycles. The van der Waals surface area contributed by atoms with Crippen LogP contribution in [0, 0.1) is 6.92 Å². The van der Waals surface area contributed by atoms with Gasteiger partial charge in [-0.3, -0.25) is 0 Å². The molecule has 0 unspecified atom stereocenters. The predicted octanol–water partition coefficient (Wildman–Crippen LogP) is 2.16. The van der Waals surface area contributed by atoms with E-state index in [1.807, 2.05) is 45.3 Å². The quantitative estimate of drug-likeness (QED) is 0.629. The molecule has 0 saturated heterocycles. The molecule has 3 N–H and O–H groups in total. The van der Waals surface area contributed by atoms with Gasteiger partial charge < -0.3 is 15.5 Å². The summed E-state index contributed by atoms with van der Waals surface area (Å²) in [5, 5.41) is 3.82. The number of hydrogen-bond donors (Lipinski definition) is 2. The van der Waals surface area contributed by atoms with E-state index in [0.717, 1.165) is 22.4 Å². The molecule has 0 fully saturated rings. The van der Waals surface area contributed by atoms with Gasteiger partial charge in [-0.2, -0.15) is 0 Å². The van der Waals surface area contributed by atoms with Crippen molar-refractivity contribution in [3.8, 4) is 0 Å². The molecule has 2 rings (SSSR count). The highest BCUT2D eigenvalue weighted by atomic mass is 16.3. The monoisotopic (exact) mass is 192 g/mol. The average molecular weight is 192 g/mol. The molecule has 0 aliphatic heterocycles. The fourth-order valence-corrected chi connectivity index (χ4v) is 1.19. The van der Waals surface area contributed by atoms with Gasteiger partial charge in [-0.15, -0.1) is 0 Å². The van der Waals surface area contributed by atoms with E-state index in [9.17, 15) is 0 Å². The van der Waals surface area contributed by atoms with Crippen LogP contribution >= 0.6 is 0 Å². The van der Waals surface area contributed by atoms with Gasteiger partial charge in [0.1, 0.15) is 11.3 Å². The predicted molar refractivity (Wildman–Crippen MR) is 60.3 cm³/mol. The Kier molecular flexibility index (Phi) is 3.54. The van der Waals surface area contributed by atoms with Crippen molar-refractivity contribution in [2.24, 2.45) is 0 Å². The maximum atomic E-state index is 5.59. The third-order valence-electron chi connectivity index (χ3n) is 1.66. The van der Waals surface area contributed by atoms with Crippen molar-refractivity contribution in [3.05, 3.63) is 30.0 Å². The van der Waals surface area contributed by atoms with Crippen molar-refractivity contribution in [1.82, 2.24) is 5.32 Å². The lowest BCUT2D eigenvalue weighted by molar-refractivity contribution is 0.578. The number of anilines is 1. The molecule has 3 heteroatoms. The fraction of sp³-hybridized carbons (Fsp3) is 0.273. The van der Waals surface area contributed by atoms with E-state index in [-0.39, 0.29) is 0 Å². The molecule has 3 nitrogen and oxygen atoms in total. The van der Waals surface area contributed by atoms with Gasteiger partial charge in [-0.1, -0.05) is 0 Å². The van der Waals surface area contributed by atoms with Gasteiger partial charge in [-0.25, -0.2) is 0 Å². The van der Waals surface area contributed by atoms with E-state index in [4.69, 9.17) is 10.2 Å². The summed E-state index contributed by atoms with van der Waals surface area (Å²) in [5.41, 5.74) is 7.27. The van der Waals surface area contributed by atoms with Crippen LogP contribution in [-0.4, -0.2) is 14.1 Å². The standard InChI is InChI=1S/C9H9NO.C2H7N/c1-6-4-7-5-8(10)2-3-9(7)11-6;1-3-2/h2-5H,10H2,1H3;3H,1-2H3. The molecule has 2 aromatic rings. The minimum atomic E-state index is 0.776. The summed E-state index contributed by atoms with van der Waals surface area (Å²) >= 11 is 0. The molecule has 0 bridgehead atoms. The highest BCUT2D eigenvalue weighted by Gasteiger charge is 1.98. The highest BCUT2D eigenvalue weighted by molar-refractivity contribution is 5.81. The number of nitrogens with one attached hydrogen (secondary N) is 1. The number of nitrogen functional groups attached to an aromatic ring is 1. The fourth-order valence-electron chi connectivity index (χ4n) is 1.19. The summed E-state index contributed by atoms with van der Waals surface area (Å²) in [4.78, 5) is 0. The number of hydrogen-bond acceptors (Lipinski definition) is 3. The summed E-state index contributed by atoms with van der Waals surface area (Å²) in [5.74, 6) is 0.922. The van der Waals surface area contributed by atoms with Gasteiger partial charge in [0.05, 0.1) is 0 Å². The Hall–Kier alpha value is -1.48. The molecule has 1 aromatic carbocycles. The largest absolute Gasteiger partial charge is 0.461 e. The molecule has 0 saturated carbocycles. The minimum absolute atomic E-state index is 0.776.